The summed E-state index contributed by atoms with van der Waals surface area (Å²) in [6.45, 7) is 2.06. The summed E-state index contributed by atoms with van der Waals surface area (Å²) < 4.78 is 0. The molecule has 0 unspecified atom stereocenters. The molecule has 0 saturated heterocycles. The predicted molar refractivity (Wildman–Crippen MR) is 87.9 cm³/mol. The first-order valence-electron chi connectivity index (χ1n) is 7.81. The van der Waals surface area contributed by atoms with Gasteiger partial charge in [-0.25, -0.2) is 9.97 Å². The van der Waals surface area contributed by atoms with E-state index in [0.29, 0.717) is 22.3 Å². The number of amides is 1. The lowest BCUT2D eigenvalue weighted by molar-refractivity contribution is -0.126. The van der Waals surface area contributed by atoms with Crippen LogP contribution < -0.4 is 11.1 Å². The lowest BCUT2D eigenvalue weighted by Crippen LogP contribution is -2.37. The lowest BCUT2D eigenvalue weighted by atomic mass is 9.84. The van der Waals surface area contributed by atoms with Crippen LogP contribution in [0, 0.1) is 5.41 Å². The molecule has 3 N–H and O–H groups in total. The summed E-state index contributed by atoms with van der Waals surface area (Å²) in [6.07, 6.45) is 5.36. The molecule has 2 aromatic rings. The number of nitrogens with zero attached hydrogens (tertiary/aromatic N) is 2. The average molecular weight is 312 g/mol. The molecule has 1 fully saturated rings. The molecule has 0 aliphatic heterocycles. The number of anilines is 1. The molecule has 1 heterocycles. The number of carbonyl (C=O) groups is 2. The minimum absolute atomic E-state index is 0.0687. The van der Waals surface area contributed by atoms with Crippen LogP contribution in [0.3, 0.4) is 0 Å². The molecule has 0 spiro atoms. The van der Waals surface area contributed by atoms with Gasteiger partial charge < -0.3 is 11.1 Å². The number of nitrogen functional groups attached to an aromatic ring is 1. The number of hydrogen-bond donors (Lipinski definition) is 2. The quantitative estimate of drug-likeness (QED) is 0.901. The fraction of sp³-hybridized carbons (Fsp3) is 0.412. The smallest absolute Gasteiger partial charge is 0.251 e. The highest BCUT2D eigenvalue weighted by atomic mass is 16.2. The van der Waals surface area contributed by atoms with Gasteiger partial charge in [0.1, 0.15) is 12.1 Å². The zero-order valence-electron chi connectivity index (χ0n) is 13.1. The number of fused-ring (bicyclic) bond motifs is 1. The number of aromatic nitrogens is 2. The van der Waals surface area contributed by atoms with Crippen molar-refractivity contribution in [3.63, 3.8) is 0 Å². The van der Waals surface area contributed by atoms with Crippen molar-refractivity contribution in [1.82, 2.24) is 15.3 Å². The van der Waals surface area contributed by atoms with Crippen LogP contribution in [0.25, 0.3) is 10.9 Å². The van der Waals surface area contributed by atoms with Crippen molar-refractivity contribution in [3.05, 3.63) is 30.1 Å². The molecule has 0 atom stereocenters. The number of benzene rings is 1. The molecule has 0 bridgehead atoms. The summed E-state index contributed by atoms with van der Waals surface area (Å²) in [5.74, 6) is 0.209. The van der Waals surface area contributed by atoms with Crippen LogP contribution in [0.4, 0.5) is 5.82 Å². The maximum absolute atomic E-state index is 12.3. The van der Waals surface area contributed by atoms with Gasteiger partial charge in [-0.15, -0.1) is 0 Å². The number of ketones is 1. The second-order valence-electron chi connectivity index (χ2n) is 6.36. The van der Waals surface area contributed by atoms with Crippen molar-refractivity contribution in [3.8, 4) is 0 Å². The molecule has 1 amide bonds. The van der Waals surface area contributed by atoms with Crippen molar-refractivity contribution in [2.45, 2.75) is 32.6 Å². The Balaban J connectivity index is 1.70. The maximum Gasteiger partial charge on any atom is 0.251 e. The van der Waals surface area contributed by atoms with Crippen LogP contribution in [-0.4, -0.2) is 28.2 Å². The zero-order chi connectivity index (χ0) is 16.4. The Labute approximate surface area is 134 Å². The number of rotatable bonds is 4. The molecule has 6 nitrogen and oxygen atoms in total. The largest absolute Gasteiger partial charge is 0.383 e. The third-order valence-electron chi connectivity index (χ3n) is 4.72. The summed E-state index contributed by atoms with van der Waals surface area (Å²) >= 11 is 0. The first-order chi connectivity index (χ1) is 11.0. The molecule has 1 aromatic heterocycles. The SMILES string of the molecule is CC1(C(=O)CNC(=O)c2ccc3c(N)ncnc3c2)CCCC1. The van der Waals surface area contributed by atoms with Crippen molar-refractivity contribution < 1.29 is 9.59 Å². The average Bonchev–Trinajstić information content (AvgIpc) is 3.00. The number of Topliss-reactive ketones (excluding diaryl/α,β-unsaturated/α-hetero) is 1. The molecule has 1 aromatic carbocycles. The Morgan fingerprint density at radius 3 is 2.74 bits per heavy atom. The van der Waals surface area contributed by atoms with Gasteiger partial charge in [-0.05, 0) is 31.0 Å². The second kappa shape index (κ2) is 5.95. The molecule has 3 rings (SSSR count). The van der Waals surface area contributed by atoms with Crippen LogP contribution in [0.2, 0.25) is 0 Å². The molecule has 6 heteroatoms. The van der Waals surface area contributed by atoms with Gasteiger partial charge in [0.25, 0.3) is 5.91 Å². The van der Waals surface area contributed by atoms with Gasteiger partial charge in [-0.3, -0.25) is 9.59 Å². The molecular weight excluding hydrogens is 292 g/mol. The number of hydrogen-bond acceptors (Lipinski definition) is 5. The lowest BCUT2D eigenvalue weighted by Gasteiger charge is -2.21. The van der Waals surface area contributed by atoms with E-state index >= 15 is 0 Å². The van der Waals surface area contributed by atoms with Gasteiger partial charge in [0.15, 0.2) is 5.78 Å². The van der Waals surface area contributed by atoms with Gasteiger partial charge in [-0.2, -0.15) is 0 Å². The Morgan fingerprint density at radius 2 is 2.00 bits per heavy atom. The minimum atomic E-state index is -0.279. The van der Waals surface area contributed by atoms with Crippen LogP contribution in [0.15, 0.2) is 24.5 Å². The molecule has 1 aliphatic rings. The van der Waals surface area contributed by atoms with Gasteiger partial charge in [0.05, 0.1) is 12.1 Å². The van der Waals surface area contributed by atoms with Crippen LogP contribution in [0.1, 0.15) is 43.0 Å². The first kappa shape index (κ1) is 15.4. The Bertz CT molecular complexity index is 766. The van der Waals surface area contributed by atoms with E-state index in [-0.39, 0.29) is 23.7 Å². The van der Waals surface area contributed by atoms with E-state index in [1.807, 2.05) is 6.92 Å². The van der Waals surface area contributed by atoms with E-state index in [0.717, 1.165) is 25.7 Å². The van der Waals surface area contributed by atoms with Crippen molar-refractivity contribution >= 4 is 28.4 Å². The van der Waals surface area contributed by atoms with Crippen LogP contribution >= 0.6 is 0 Å². The summed E-state index contributed by atoms with van der Waals surface area (Å²) in [5, 5.41) is 3.42. The third kappa shape index (κ3) is 3.02. The highest BCUT2D eigenvalue weighted by Crippen LogP contribution is 2.38. The van der Waals surface area contributed by atoms with Gasteiger partial charge >= 0.3 is 0 Å². The number of nitrogens with one attached hydrogen (secondary N) is 1. The van der Waals surface area contributed by atoms with E-state index in [1.54, 1.807) is 18.2 Å². The minimum Gasteiger partial charge on any atom is -0.383 e. The monoisotopic (exact) mass is 312 g/mol. The Kier molecular flexibility index (Phi) is 3.98. The molecule has 1 aliphatic carbocycles. The Hall–Kier alpha value is -2.50. The maximum atomic E-state index is 12.3. The summed E-state index contributed by atoms with van der Waals surface area (Å²) in [4.78, 5) is 32.6. The standard InChI is InChI=1S/C17H20N4O2/c1-17(6-2-3-7-17)14(22)9-19-16(23)11-4-5-12-13(8-11)20-10-21-15(12)18/h4-5,8,10H,2-3,6-7,9H2,1H3,(H,19,23)(H2,18,20,21). The van der Waals surface area contributed by atoms with Crippen molar-refractivity contribution in [2.24, 2.45) is 5.41 Å². The molecule has 23 heavy (non-hydrogen) atoms. The van der Waals surface area contributed by atoms with E-state index < -0.39 is 0 Å². The van der Waals surface area contributed by atoms with Gasteiger partial charge in [-0.1, -0.05) is 19.8 Å². The molecule has 0 radical (unpaired) electrons. The third-order valence-corrected chi connectivity index (χ3v) is 4.72. The molecule has 1 saturated carbocycles. The van der Waals surface area contributed by atoms with Crippen molar-refractivity contribution in [1.29, 1.82) is 0 Å². The van der Waals surface area contributed by atoms with Crippen molar-refractivity contribution in [2.75, 3.05) is 12.3 Å². The predicted octanol–water partition coefficient (Wildman–Crippen LogP) is 2.09. The van der Waals surface area contributed by atoms with E-state index in [9.17, 15) is 9.59 Å². The number of nitrogens with two attached hydrogens (primary N) is 1. The van der Waals surface area contributed by atoms with Crippen LogP contribution in [0.5, 0.6) is 0 Å². The molecule has 120 valence electrons. The second-order valence-corrected chi connectivity index (χ2v) is 6.36. The van der Waals surface area contributed by atoms with E-state index in [4.69, 9.17) is 5.73 Å². The summed E-state index contributed by atoms with van der Waals surface area (Å²) in [7, 11) is 0. The fourth-order valence-corrected chi connectivity index (χ4v) is 3.13. The van der Waals surface area contributed by atoms with Gasteiger partial charge in [0, 0.05) is 16.4 Å². The number of carbonyl (C=O) groups excluding carboxylic acids is 2. The highest BCUT2D eigenvalue weighted by molar-refractivity contribution is 6.01. The topological polar surface area (TPSA) is 98.0 Å². The van der Waals surface area contributed by atoms with E-state index in [1.165, 1.54) is 6.33 Å². The van der Waals surface area contributed by atoms with Gasteiger partial charge in [0.2, 0.25) is 0 Å². The summed E-state index contributed by atoms with van der Waals surface area (Å²) in [5.41, 5.74) is 6.56. The highest BCUT2D eigenvalue weighted by Gasteiger charge is 2.35. The summed E-state index contributed by atoms with van der Waals surface area (Å²) in [6, 6.07) is 5.04. The first-order valence-corrected chi connectivity index (χ1v) is 7.81. The normalized spacial score (nSPS) is 16.4. The van der Waals surface area contributed by atoms with Crippen LogP contribution in [-0.2, 0) is 4.79 Å². The molecular formula is C17H20N4O2. The van der Waals surface area contributed by atoms with E-state index in [2.05, 4.69) is 15.3 Å². The Morgan fingerprint density at radius 1 is 1.26 bits per heavy atom. The fourth-order valence-electron chi connectivity index (χ4n) is 3.13. The zero-order valence-corrected chi connectivity index (χ0v) is 13.1.